The molecule has 1 saturated heterocycles. The molecule has 2 fully saturated rings. The molecule has 11 aliphatic rings. The van der Waals surface area contributed by atoms with Crippen molar-refractivity contribution in [3.05, 3.63) is 184 Å². The molecule has 9 atom stereocenters. The minimum atomic E-state index is 0.181. The van der Waals surface area contributed by atoms with Crippen molar-refractivity contribution in [3.63, 3.8) is 0 Å². The van der Waals surface area contributed by atoms with Gasteiger partial charge in [-0.3, -0.25) is 0 Å². The fourth-order valence-corrected chi connectivity index (χ4v) is 15.1. The van der Waals surface area contributed by atoms with E-state index in [4.69, 9.17) is 4.99 Å². The van der Waals surface area contributed by atoms with Crippen LogP contribution in [0.2, 0.25) is 0 Å². The highest BCUT2D eigenvalue weighted by atomic mass is 32.2. The summed E-state index contributed by atoms with van der Waals surface area (Å²) in [6.07, 6.45) is 62.2. The van der Waals surface area contributed by atoms with Gasteiger partial charge in [-0.05, 0) is 135 Å². The Balaban J connectivity index is 0.950. The predicted molar refractivity (Wildman–Crippen MR) is 259 cm³/mol. The molecule has 0 amide bonds. The molecule has 4 heteroatoms. The maximum Gasteiger partial charge on any atom is 0.0914 e. The summed E-state index contributed by atoms with van der Waals surface area (Å²) in [7, 11) is 0. The number of nitrogens with zero attached hydrogens (tertiary/aromatic N) is 2. The normalized spacial score (nSPS) is 34.8. The van der Waals surface area contributed by atoms with Crippen molar-refractivity contribution in [2.75, 3.05) is 0 Å². The van der Waals surface area contributed by atoms with E-state index in [0.717, 1.165) is 44.9 Å². The number of benzene rings is 1. The maximum atomic E-state index is 6.15. The van der Waals surface area contributed by atoms with Gasteiger partial charge in [0.2, 0.25) is 0 Å². The van der Waals surface area contributed by atoms with Crippen LogP contribution >= 0.6 is 11.8 Å². The van der Waals surface area contributed by atoms with Gasteiger partial charge in [0.15, 0.2) is 0 Å². The highest BCUT2D eigenvalue weighted by Gasteiger charge is 2.52. The Bertz CT molecular complexity index is 2430. The first kappa shape index (κ1) is 39.1. The monoisotopic (exact) mass is 833 g/mol. The summed E-state index contributed by atoms with van der Waals surface area (Å²) in [5.74, 6) is 3.80. The lowest BCUT2D eigenvalue weighted by atomic mass is 9.64. The summed E-state index contributed by atoms with van der Waals surface area (Å²) in [6, 6.07) is 9.40. The summed E-state index contributed by atoms with van der Waals surface area (Å²) >= 11 is 2.10. The molecule has 3 nitrogen and oxygen atoms in total. The molecule has 3 aliphatic heterocycles. The van der Waals surface area contributed by atoms with Gasteiger partial charge in [-0.1, -0.05) is 152 Å². The van der Waals surface area contributed by atoms with Gasteiger partial charge < -0.3 is 10.2 Å². The van der Waals surface area contributed by atoms with Crippen molar-refractivity contribution in [2.24, 2.45) is 46.4 Å². The molecule has 0 bridgehead atoms. The van der Waals surface area contributed by atoms with E-state index in [0.29, 0.717) is 52.7 Å². The lowest BCUT2D eigenvalue weighted by Crippen LogP contribution is -2.52. The number of hydrogen-bond donors (Lipinski definition) is 1. The van der Waals surface area contributed by atoms with E-state index in [1.165, 1.54) is 101 Å². The third kappa shape index (κ3) is 6.89. The first-order valence-electron chi connectivity index (χ1n) is 24.6. The van der Waals surface area contributed by atoms with Crippen molar-refractivity contribution in [2.45, 2.75) is 119 Å². The minimum absolute atomic E-state index is 0.181. The van der Waals surface area contributed by atoms with Crippen LogP contribution in [-0.4, -0.2) is 22.0 Å². The SMILES string of the molecule is C1=CCC(C2=CCC(C3C=CC=CC3C3=CCCC=C3)C3NC(C4C=CCCC4)=C(C4=CC=C(N5C6=CC=CCC6C6c7ccccc7SC65)CC4)N=C23)C(C2CCCCC2)=C1. The number of aliphatic imine (C=N–C) groups is 1. The Labute approximate surface area is 375 Å². The Morgan fingerprint density at radius 2 is 1.65 bits per heavy atom. The van der Waals surface area contributed by atoms with Gasteiger partial charge >= 0.3 is 0 Å². The van der Waals surface area contributed by atoms with E-state index in [2.05, 4.69) is 156 Å². The van der Waals surface area contributed by atoms with Crippen LogP contribution in [0.4, 0.5) is 0 Å². The Morgan fingerprint density at radius 3 is 2.52 bits per heavy atom. The number of allylic oxidation sites excluding steroid dienone is 23. The Morgan fingerprint density at radius 1 is 0.742 bits per heavy atom. The number of rotatable bonds is 7. The lowest BCUT2D eigenvalue weighted by molar-refractivity contribution is 0.294. The number of nitrogens with one attached hydrogen (secondary N) is 1. The van der Waals surface area contributed by atoms with E-state index in [1.807, 2.05) is 0 Å². The molecule has 1 N–H and O–H groups in total. The number of fused-ring (bicyclic) bond motifs is 6. The van der Waals surface area contributed by atoms with E-state index < -0.39 is 0 Å². The van der Waals surface area contributed by atoms with E-state index in [-0.39, 0.29) is 6.04 Å². The number of thioether (sulfide) groups is 1. The zero-order valence-corrected chi connectivity index (χ0v) is 37.2. The Kier molecular flexibility index (Phi) is 10.6. The number of hydrogen-bond acceptors (Lipinski definition) is 4. The summed E-state index contributed by atoms with van der Waals surface area (Å²) in [6.45, 7) is 0. The average molecular weight is 834 g/mol. The van der Waals surface area contributed by atoms with Crippen LogP contribution < -0.4 is 5.32 Å². The van der Waals surface area contributed by atoms with Crippen molar-refractivity contribution >= 4 is 17.5 Å². The van der Waals surface area contributed by atoms with Crippen LogP contribution in [0, 0.1) is 41.4 Å². The molecule has 1 aromatic carbocycles. The second-order valence-electron chi connectivity index (χ2n) is 19.8. The smallest absolute Gasteiger partial charge is 0.0914 e. The van der Waals surface area contributed by atoms with Gasteiger partial charge in [0, 0.05) is 51.6 Å². The second kappa shape index (κ2) is 16.9. The molecule has 0 spiro atoms. The summed E-state index contributed by atoms with van der Waals surface area (Å²) in [4.78, 5) is 10.4. The first-order valence-corrected chi connectivity index (χ1v) is 25.5. The van der Waals surface area contributed by atoms with Gasteiger partial charge in [-0.2, -0.15) is 0 Å². The molecule has 0 aromatic heterocycles. The highest BCUT2D eigenvalue weighted by molar-refractivity contribution is 8.00. The van der Waals surface area contributed by atoms with Crippen LogP contribution in [0.15, 0.2) is 189 Å². The van der Waals surface area contributed by atoms with Crippen molar-refractivity contribution in [1.82, 2.24) is 10.2 Å². The molecular formula is C58H63N3S. The number of likely N-dealkylation sites (tertiary alicyclic amines) is 1. The minimum Gasteiger partial charge on any atom is -0.377 e. The fraction of sp³-hybridized carbons (Fsp3) is 0.431. The topological polar surface area (TPSA) is 27.6 Å². The van der Waals surface area contributed by atoms with Crippen LogP contribution in [0.1, 0.15) is 108 Å². The van der Waals surface area contributed by atoms with E-state index in [1.54, 1.807) is 11.1 Å². The summed E-state index contributed by atoms with van der Waals surface area (Å²) in [5.41, 5.74) is 14.7. The van der Waals surface area contributed by atoms with Gasteiger partial charge in [-0.25, -0.2) is 4.99 Å². The zero-order chi connectivity index (χ0) is 41.0. The van der Waals surface area contributed by atoms with Crippen LogP contribution in [0.3, 0.4) is 0 Å². The van der Waals surface area contributed by atoms with Crippen LogP contribution in [0.25, 0.3) is 0 Å². The molecule has 1 saturated carbocycles. The molecular weight excluding hydrogens is 771 g/mol. The molecule has 9 unspecified atom stereocenters. The van der Waals surface area contributed by atoms with Gasteiger partial charge in [0.25, 0.3) is 0 Å². The highest BCUT2D eigenvalue weighted by Crippen LogP contribution is 2.61. The second-order valence-corrected chi connectivity index (χ2v) is 21.0. The quantitative estimate of drug-likeness (QED) is 0.277. The van der Waals surface area contributed by atoms with Crippen LogP contribution in [0.5, 0.6) is 0 Å². The largest absolute Gasteiger partial charge is 0.377 e. The van der Waals surface area contributed by atoms with Crippen molar-refractivity contribution < 1.29 is 0 Å². The third-order valence-electron chi connectivity index (χ3n) is 16.5. The Hall–Kier alpha value is -4.54. The van der Waals surface area contributed by atoms with Crippen molar-refractivity contribution in [1.29, 1.82) is 0 Å². The molecule has 12 rings (SSSR count). The lowest BCUT2D eigenvalue weighted by Gasteiger charge is -2.46. The molecule has 0 radical (unpaired) electrons. The van der Waals surface area contributed by atoms with Gasteiger partial charge in [0.1, 0.15) is 0 Å². The summed E-state index contributed by atoms with van der Waals surface area (Å²) < 4.78 is 0. The first-order chi connectivity index (χ1) is 30.8. The fourth-order valence-electron chi connectivity index (χ4n) is 13.5. The van der Waals surface area contributed by atoms with Gasteiger partial charge in [0.05, 0.1) is 22.8 Å². The average Bonchev–Trinajstić information content (AvgIpc) is 3.89. The van der Waals surface area contributed by atoms with E-state index >= 15 is 0 Å². The standard InChI is InChI=1S/C58H63N3S/c1-4-18-38(19-5-1)43-24-10-12-26-45(43)47-36-37-48(46-27-13-11-25-44(46)39-20-6-2-7-21-39)57-56(47)59-54(40-22-8-3-9-23-40)55(60-57)41-32-34-42(35-33-41)61-51-30-16-14-28-49(51)53-50-29-15-17-31-52(50)62-58(53)61/h4,8,10-19,22,24-26,29-32,34,37,39-40,43,45-47,49,53,56,58-59H,1-3,5-7,9,20-21,23,27-28,33,35-36H2. The van der Waals surface area contributed by atoms with E-state index in [9.17, 15) is 0 Å². The third-order valence-corrected chi connectivity index (χ3v) is 17.9. The molecule has 8 aliphatic carbocycles. The molecule has 1 aromatic rings. The maximum absolute atomic E-state index is 6.15. The zero-order valence-electron chi connectivity index (χ0n) is 36.4. The van der Waals surface area contributed by atoms with Crippen LogP contribution in [-0.2, 0) is 0 Å². The molecule has 62 heavy (non-hydrogen) atoms. The van der Waals surface area contributed by atoms with Gasteiger partial charge in [-0.15, -0.1) is 0 Å². The summed E-state index contributed by atoms with van der Waals surface area (Å²) in [5, 5.41) is 4.91. The molecule has 316 valence electrons. The molecule has 3 heterocycles. The predicted octanol–water partition coefficient (Wildman–Crippen LogP) is 14.2. The van der Waals surface area contributed by atoms with Crippen molar-refractivity contribution in [3.8, 4) is 0 Å².